The number of thiophene rings is 1. The van der Waals surface area contributed by atoms with Crippen molar-refractivity contribution in [3.8, 4) is 0 Å². The molecule has 0 radical (unpaired) electrons. The average Bonchev–Trinajstić information content (AvgIpc) is 3.31. The van der Waals surface area contributed by atoms with Gasteiger partial charge in [0, 0.05) is 11.3 Å². The van der Waals surface area contributed by atoms with Gasteiger partial charge in [0.1, 0.15) is 9.77 Å². The maximum Gasteiger partial charge on any atom is 0.349 e. The minimum Gasteiger partial charge on any atom is -0.465 e. The molecule has 0 amide bonds. The molecule has 0 saturated heterocycles. The second-order valence-electron chi connectivity index (χ2n) is 6.06. The number of carbonyl (C=O) groups is 1. The van der Waals surface area contributed by atoms with Crippen molar-refractivity contribution >= 4 is 48.9 Å². The maximum absolute atomic E-state index is 12.6. The molecule has 160 valence electrons. The van der Waals surface area contributed by atoms with Crippen LogP contribution >= 0.6 is 11.3 Å². The van der Waals surface area contributed by atoms with Gasteiger partial charge in [0.2, 0.25) is 5.88 Å². The number of aromatic nitrogens is 1. The van der Waals surface area contributed by atoms with Gasteiger partial charge >= 0.3 is 5.97 Å². The monoisotopic (exact) mass is 471 g/mol. The molecule has 0 atom stereocenters. The molecule has 3 rings (SSSR count). The summed E-state index contributed by atoms with van der Waals surface area (Å²) in [5.74, 6) is -0.763. The van der Waals surface area contributed by atoms with Gasteiger partial charge in [-0.25, -0.2) is 26.4 Å². The van der Waals surface area contributed by atoms with E-state index in [1.807, 2.05) is 0 Å². The van der Waals surface area contributed by atoms with Crippen LogP contribution in [0.1, 0.15) is 20.9 Å². The van der Waals surface area contributed by atoms with Crippen LogP contribution in [0.4, 0.5) is 11.6 Å². The highest BCUT2D eigenvalue weighted by Gasteiger charge is 2.25. The van der Waals surface area contributed by atoms with E-state index in [1.54, 1.807) is 13.8 Å². The molecule has 0 aliphatic carbocycles. The highest BCUT2D eigenvalue weighted by Crippen LogP contribution is 2.26. The number of sulfonamides is 2. The Balaban J connectivity index is 1.81. The highest BCUT2D eigenvalue weighted by atomic mass is 32.2. The Kier molecular flexibility index (Phi) is 5.87. The van der Waals surface area contributed by atoms with Crippen LogP contribution in [0.15, 0.2) is 50.0 Å². The molecule has 0 unspecified atom stereocenters. The van der Waals surface area contributed by atoms with Crippen molar-refractivity contribution in [1.82, 2.24) is 5.16 Å². The summed E-state index contributed by atoms with van der Waals surface area (Å²) in [6, 6.07) is 6.31. The van der Waals surface area contributed by atoms with Crippen molar-refractivity contribution in [3.63, 3.8) is 0 Å². The van der Waals surface area contributed by atoms with E-state index in [0.29, 0.717) is 11.3 Å². The molecule has 30 heavy (non-hydrogen) atoms. The zero-order chi connectivity index (χ0) is 22.1. The first-order valence-corrected chi connectivity index (χ1v) is 12.1. The summed E-state index contributed by atoms with van der Waals surface area (Å²) in [5, 5.41) is 5.14. The topological polar surface area (TPSA) is 145 Å². The van der Waals surface area contributed by atoms with Crippen LogP contribution in [0.3, 0.4) is 0 Å². The number of methoxy groups -OCH3 is 1. The second kappa shape index (κ2) is 8.08. The third-order valence-corrected chi connectivity index (χ3v) is 7.88. The number of carbonyl (C=O) groups excluding carboxylic acids is 1. The Morgan fingerprint density at radius 3 is 2.27 bits per heavy atom. The van der Waals surface area contributed by atoms with Gasteiger partial charge in [-0.1, -0.05) is 5.16 Å². The second-order valence-corrected chi connectivity index (χ2v) is 10.3. The summed E-state index contributed by atoms with van der Waals surface area (Å²) >= 11 is 0.934. The summed E-state index contributed by atoms with van der Waals surface area (Å²) in [5.41, 5.74) is 1.22. The van der Waals surface area contributed by atoms with Crippen LogP contribution in [0, 0.1) is 13.8 Å². The van der Waals surface area contributed by atoms with E-state index in [0.717, 1.165) is 18.4 Å². The molecule has 0 saturated carbocycles. The SMILES string of the molecule is COC(=O)c1sccc1S(=O)(=O)Nc1ccc(S(=O)(=O)Nc2onc(C)c2C)cc1. The van der Waals surface area contributed by atoms with Gasteiger partial charge < -0.3 is 9.26 Å². The number of hydrogen-bond donors (Lipinski definition) is 2. The lowest BCUT2D eigenvalue weighted by Crippen LogP contribution is -2.16. The molecule has 0 aliphatic heterocycles. The standard InChI is InChI=1S/C17H17N3O7S3/c1-10-11(2)18-27-16(10)20-29(22,23)13-6-4-12(5-7-13)19-30(24,25)14-8-9-28-15(14)17(21)26-3/h4-9,19-20H,1-3H3. The molecular formula is C17H17N3O7S3. The molecule has 1 aromatic carbocycles. The zero-order valence-corrected chi connectivity index (χ0v) is 18.4. The molecule has 2 N–H and O–H groups in total. The molecule has 13 heteroatoms. The average molecular weight is 472 g/mol. The molecule has 10 nitrogen and oxygen atoms in total. The van der Waals surface area contributed by atoms with Gasteiger partial charge in [0.15, 0.2) is 0 Å². The number of nitrogens with zero attached hydrogens (tertiary/aromatic N) is 1. The number of esters is 1. The van der Waals surface area contributed by atoms with E-state index in [2.05, 4.69) is 19.3 Å². The summed E-state index contributed by atoms with van der Waals surface area (Å²) in [6.45, 7) is 3.34. The quantitative estimate of drug-likeness (QED) is 0.500. The molecule has 0 bridgehead atoms. The fraction of sp³-hybridized carbons (Fsp3) is 0.176. The summed E-state index contributed by atoms with van der Waals surface area (Å²) < 4.78 is 64.4. The van der Waals surface area contributed by atoms with Crippen molar-refractivity contribution in [1.29, 1.82) is 0 Å². The lowest BCUT2D eigenvalue weighted by molar-refractivity contribution is 0.0602. The van der Waals surface area contributed by atoms with E-state index in [1.165, 1.54) is 35.7 Å². The van der Waals surface area contributed by atoms with Crippen LogP contribution in [0.5, 0.6) is 0 Å². The fourth-order valence-electron chi connectivity index (χ4n) is 2.35. The number of rotatable bonds is 7. The lowest BCUT2D eigenvalue weighted by atomic mass is 10.3. The number of aryl methyl sites for hydroxylation is 1. The first-order chi connectivity index (χ1) is 14.0. The third-order valence-electron chi connectivity index (χ3n) is 4.09. The van der Waals surface area contributed by atoms with Crippen molar-refractivity contribution in [3.05, 3.63) is 51.8 Å². The van der Waals surface area contributed by atoms with E-state index in [-0.39, 0.29) is 26.2 Å². The van der Waals surface area contributed by atoms with Crippen molar-refractivity contribution in [2.75, 3.05) is 16.6 Å². The van der Waals surface area contributed by atoms with E-state index in [4.69, 9.17) is 4.52 Å². The molecular weight excluding hydrogens is 454 g/mol. The van der Waals surface area contributed by atoms with Gasteiger partial charge in [-0.3, -0.25) is 4.72 Å². The smallest absolute Gasteiger partial charge is 0.349 e. The highest BCUT2D eigenvalue weighted by molar-refractivity contribution is 7.93. The molecule has 2 aromatic heterocycles. The number of ether oxygens (including phenoxy) is 1. The Bertz CT molecular complexity index is 1290. The minimum absolute atomic E-state index is 0.00470. The van der Waals surface area contributed by atoms with Crippen LogP contribution in [0.25, 0.3) is 0 Å². The maximum atomic E-state index is 12.6. The van der Waals surface area contributed by atoms with Gasteiger partial charge in [-0.2, -0.15) is 0 Å². The first-order valence-electron chi connectivity index (χ1n) is 8.29. The predicted molar refractivity (Wildman–Crippen MR) is 110 cm³/mol. The van der Waals surface area contributed by atoms with E-state index >= 15 is 0 Å². The van der Waals surface area contributed by atoms with Crippen LogP contribution in [-0.4, -0.2) is 35.1 Å². The van der Waals surface area contributed by atoms with Crippen molar-refractivity contribution in [2.45, 2.75) is 23.6 Å². The Morgan fingerprint density at radius 1 is 1.03 bits per heavy atom. The zero-order valence-electron chi connectivity index (χ0n) is 16.0. The number of nitrogens with one attached hydrogen (secondary N) is 2. The molecule has 0 aliphatic rings. The Morgan fingerprint density at radius 2 is 1.70 bits per heavy atom. The molecule has 0 spiro atoms. The van der Waals surface area contributed by atoms with Gasteiger partial charge in [-0.05, 0) is 49.6 Å². The lowest BCUT2D eigenvalue weighted by Gasteiger charge is -2.10. The fourth-order valence-corrected chi connectivity index (χ4v) is 5.80. The first kappa shape index (κ1) is 21.8. The largest absolute Gasteiger partial charge is 0.465 e. The van der Waals surface area contributed by atoms with Crippen molar-refractivity contribution in [2.24, 2.45) is 0 Å². The normalized spacial score (nSPS) is 11.8. The summed E-state index contributed by atoms with van der Waals surface area (Å²) in [7, 11) is -6.90. The number of benzene rings is 1. The van der Waals surface area contributed by atoms with Gasteiger partial charge in [0.25, 0.3) is 20.0 Å². The molecule has 2 heterocycles. The minimum atomic E-state index is -4.08. The van der Waals surface area contributed by atoms with Crippen LogP contribution in [-0.2, 0) is 24.8 Å². The third kappa shape index (κ3) is 4.32. The van der Waals surface area contributed by atoms with E-state index < -0.39 is 26.0 Å². The van der Waals surface area contributed by atoms with E-state index in [9.17, 15) is 21.6 Å². The summed E-state index contributed by atoms with van der Waals surface area (Å²) in [4.78, 5) is 11.3. The van der Waals surface area contributed by atoms with Crippen LogP contribution < -0.4 is 9.44 Å². The Labute approximate surface area is 177 Å². The number of hydrogen-bond acceptors (Lipinski definition) is 9. The van der Waals surface area contributed by atoms with Crippen molar-refractivity contribution < 1.29 is 30.9 Å². The Hall–Kier alpha value is -2.90. The van der Waals surface area contributed by atoms with Crippen LogP contribution in [0.2, 0.25) is 0 Å². The molecule has 0 fully saturated rings. The predicted octanol–water partition coefficient (Wildman–Crippen LogP) is 2.74. The summed E-state index contributed by atoms with van der Waals surface area (Å²) in [6.07, 6.45) is 0. The number of anilines is 2. The molecule has 3 aromatic rings. The van der Waals surface area contributed by atoms with Gasteiger partial charge in [-0.15, -0.1) is 11.3 Å². The van der Waals surface area contributed by atoms with Gasteiger partial charge in [0.05, 0.1) is 17.7 Å².